The summed E-state index contributed by atoms with van der Waals surface area (Å²) in [5, 5.41) is 8.63. The van der Waals surface area contributed by atoms with Gasteiger partial charge in [-0.05, 0) is 12.1 Å². The van der Waals surface area contributed by atoms with Crippen LogP contribution in [-0.4, -0.2) is 14.6 Å². The number of rotatable bonds is 0. The predicted molar refractivity (Wildman–Crippen MR) is 87.0 cm³/mol. The third kappa shape index (κ3) is 8.71. The van der Waals surface area contributed by atoms with E-state index in [4.69, 9.17) is 5.11 Å². The van der Waals surface area contributed by atoms with Crippen molar-refractivity contribution in [3.05, 3.63) is 53.1 Å². The summed E-state index contributed by atoms with van der Waals surface area (Å²) >= 11 is 0. The molecule has 0 bridgehead atoms. The third-order valence-electron chi connectivity index (χ3n) is 2.99. The van der Waals surface area contributed by atoms with Crippen LogP contribution in [-0.2, 0) is 26.2 Å². The summed E-state index contributed by atoms with van der Waals surface area (Å²) in [5.74, 6) is 0.882. The Morgan fingerprint density at radius 3 is 1.65 bits per heavy atom. The van der Waals surface area contributed by atoms with Crippen LogP contribution in [0.25, 0.3) is 0 Å². The fraction of sp³-hybridized carbons (Fsp3) is 0.412. The summed E-state index contributed by atoms with van der Waals surface area (Å²) in [4.78, 5) is 0. The molecular weight excluding hydrogens is 339 g/mol. The molecule has 0 saturated carbocycles. The van der Waals surface area contributed by atoms with E-state index in [1.54, 1.807) is 24.3 Å². The first-order valence-electron chi connectivity index (χ1n) is 6.69. The Bertz CT molecular complexity index is 424. The van der Waals surface area contributed by atoms with Crippen LogP contribution in [0.4, 0.5) is 0 Å². The molecule has 1 aliphatic carbocycles. The minimum absolute atomic E-state index is 0. The molecule has 1 aliphatic rings. The van der Waals surface area contributed by atoms with Crippen molar-refractivity contribution in [2.75, 3.05) is 0 Å². The first-order chi connectivity index (χ1) is 8.93. The van der Waals surface area contributed by atoms with Crippen LogP contribution in [0.15, 0.2) is 47.1 Å². The minimum atomic E-state index is 0. The van der Waals surface area contributed by atoms with Crippen molar-refractivity contribution in [2.24, 2.45) is 5.92 Å². The van der Waals surface area contributed by atoms with Gasteiger partial charge in [-0.25, -0.2) is 5.57 Å². The summed E-state index contributed by atoms with van der Waals surface area (Å²) in [6.45, 7) is 13.1. The van der Waals surface area contributed by atoms with Gasteiger partial charge in [0.1, 0.15) is 5.75 Å². The van der Waals surface area contributed by atoms with Gasteiger partial charge in [-0.3, -0.25) is 6.08 Å². The van der Waals surface area contributed by atoms with Crippen molar-refractivity contribution in [2.45, 2.75) is 40.8 Å². The molecule has 0 saturated heterocycles. The van der Waals surface area contributed by atoms with Crippen molar-refractivity contribution in [3.8, 4) is 5.75 Å². The second-order valence-electron chi connectivity index (χ2n) is 4.71. The van der Waals surface area contributed by atoms with E-state index >= 15 is 0 Å². The Morgan fingerprint density at radius 2 is 1.50 bits per heavy atom. The number of hydrogen-bond acceptors (Lipinski definition) is 1. The zero-order chi connectivity index (χ0) is 14.8. The zero-order valence-corrected chi connectivity index (χ0v) is 17.1. The van der Waals surface area contributed by atoms with E-state index in [1.807, 2.05) is 6.07 Å². The molecule has 0 heterocycles. The maximum absolute atomic E-state index is 8.63. The van der Waals surface area contributed by atoms with Crippen LogP contribution in [0.2, 0.25) is 13.1 Å². The molecule has 2 rings (SSSR count). The van der Waals surface area contributed by atoms with E-state index in [9.17, 15) is 0 Å². The number of hydrogen-bond donors (Lipinski definition) is 1. The van der Waals surface area contributed by atoms with Crippen molar-refractivity contribution >= 4 is 9.52 Å². The smallest absolute Gasteiger partial charge is 0.115 e. The normalized spacial score (nSPS) is 16.1. The third-order valence-corrected chi connectivity index (χ3v) is 2.99. The van der Waals surface area contributed by atoms with E-state index in [0.29, 0.717) is 11.7 Å². The van der Waals surface area contributed by atoms with Gasteiger partial charge in [0.15, 0.2) is 0 Å². The monoisotopic (exact) mass is 364 g/mol. The van der Waals surface area contributed by atoms with Gasteiger partial charge < -0.3 is 5.11 Å². The van der Waals surface area contributed by atoms with Gasteiger partial charge in [0.2, 0.25) is 0 Å². The summed E-state index contributed by atoms with van der Waals surface area (Å²) < 4.78 is 0. The predicted octanol–water partition coefficient (Wildman–Crippen LogP) is 4.63. The first kappa shape index (κ1) is 21.9. The van der Waals surface area contributed by atoms with Crippen LogP contribution >= 0.6 is 0 Å². The van der Waals surface area contributed by atoms with Crippen LogP contribution in [0, 0.1) is 12.0 Å². The zero-order valence-electron chi connectivity index (χ0n) is 13.5. The topological polar surface area (TPSA) is 20.2 Å². The molecular formula is C17H26OSiZr-. The SMILES string of the molecule is CC1=[C-]C(C)C(C)=C1C.C[SiH]C.Oc1ccccc1.[Zr]. The number of aromatic hydroxyl groups is 1. The molecule has 20 heavy (non-hydrogen) atoms. The van der Waals surface area contributed by atoms with Crippen LogP contribution in [0.1, 0.15) is 27.7 Å². The summed E-state index contributed by atoms with van der Waals surface area (Å²) in [6, 6.07) is 8.71. The maximum Gasteiger partial charge on any atom is 0.115 e. The van der Waals surface area contributed by atoms with E-state index < -0.39 is 0 Å². The molecule has 1 N–H and O–H groups in total. The quantitative estimate of drug-likeness (QED) is 0.525. The second kappa shape index (κ2) is 12.3. The summed E-state index contributed by atoms with van der Waals surface area (Å²) in [7, 11) is 0.750. The maximum atomic E-state index is 8.63. The molecule has 0 aliphatic heterocycles. The summed E-state index contributed by atoms with van der Waals surface area (Å²) in [6.07, 6.45) is 3.36. The Labute approximate surface area is 146 Å². The van der Waals surface area contributed by atoms with Crippen LogP contribution in [0.5, 0.6) is 5.75 Å². The minimum Gasteiger partial charge on any atom is -0.508 e. The van der Waals surface area contributed by atoms with Crippen molar-refractivity contribution in [3.63, 3.8) is 0 Å². The summed E-state index contributed by atoms with van der Waals surface area (Å²) in [5.41, 5.74) is 4.25. The Hall–Kier alpha value is -0.400. The van der Waals surface area contributed by atoms with Gasteiger partial charge >= 0.3 is 0 Å². The van der Waals surface area contributed by atoms with Crippen molar-refractivity contribution in [1.82, 2.24) is 0 Å². The van der Waals surface area contributed by atoms with Crippen LogP contribution < -0.4 is 0 Å². The molecule has 0 aromatic heterocycles. The number of phenols is 1. The van der Waals surface area contributed by atoms with Gasteiger partial charge in [0, 0.05) is 35.7 Å². The van der Waals surface area contributed by atoms with E-state index in [2.05, 4.69) is 46.9 Å². The van der Waals surface area contributed by atoms with Gasteiger partial charge in [-0.1, -0.05) is 58.0 Å². The van der Waals surface area contributed by atoms with Gasteiger partial charge in [-0.2, -0.15) is 11.1 Å². The molecule has 1 aromatic carbocycles. The molecule has 1 nitrogen and oxygen atoms in total. The van der Waals surface area contributed by atoms with Crippen LogP contribution in [0.3, 0.4) is 0 Å². The molecule has 1 atom stereocenters. The van der Waals surface area contributed by atoms with E-state index in [1.165, 1.54) is 16.7 Å². The Balaban J connectivity index is 0. The Morgan fingerprint density at radius 1 is 1.05 bits per heavy atom. The molecule has 0 amide bonds. The fourth-order valence-corrected chi connectivity index (χ4v) is 1.59. The average Bonchev–Trinajstić information content (AvgIpc) is 2.59. The first-order valence-corrected chi connectivity index (χ1v) is 9.00. The second-order valence-corrected chi connectivity index (χ2v) is 5.87. The molecule has 0 spiro atoms. The van der Waals surface area contributed by atoms with E-state index in [-0.39, 0.29) is 26.2 Å². The molecule has 109 valence electrons. The van der Waals surface area contributed by atoms with Crippen molar-refractivity contribution in [1.29, 1.82) is 0 Å². The number of para-hydroxylation sites is 1. The molecule has 3 heteroatoms. The average molecular weight is 366 g/mol. The largest absolute Gasteiger partial charge is 0.508 e. The molecule has 1 radical (unpaired) electrons. The van der Waals surface area contributed by atoms with Gasteiger partial charge in [0.05, 0.1) is 0 Å². The number of phenolic OH excluding ortho intramolecular Hbond substituents is 1. The standard InChI is InChI=1S/C9H13.C6H6O.C2H7Si.Zr/c1-6-5-7(2)9(4)8(6)3;7-6-4-2-1-3-5-6;1-3-2;/h6H,1-4H3;1-5,7H;3H,1-2H3;/q-1;;;. The number of benzene rings is 1. The fourth-order valence-electron chi connectivity index (χ4n) is 1.59. The molecule has 1 aromatic rings. The molecule has 0 fully saturated rings. The van der Waals surface area contributed by atoms with Gasteiger partial charge in [0.25, 0.3) is 0 Å². The van der Waals surface area contributed by atoms with Gasteiger partial charge in [-0.15, -0.1) is 6.92 Å². The Kier molecular flexibility index (Phi) is 13.5. The number of allylic oxidation sites excluding steroid dienone is 4. The molecule has 1 unspecified atom stereocenters. The van der Waals surface area contributed by atoms with Crippen molar-refractivity contribution < 1.29 is 31.3 Å². The van der Waals surface area contributed by atoms with E-state index in [0.717, 1.165) is 9.52 Å².